The second-order valence-electron chi connectivity index (χ2n) is 3.21. The molecule has 0 radical (unpaired) electrons. The Morgan fingerprint density at radius 3 is 2.94 bits per heavy atom. The number of benzene rings is 1. The summed E-state index contributed by atoms with van der Waals surface area (Å²) in [6.45, 7) is 0.304. The highest BCUT2D eigenvalue weighted by atomic mass is 16.4. The molecule has 82 valence electrons. The van der Waals surface area contributed by atoms with Crippen LogP contribution >= 0.6 is 0 Å². The van der Waals surface area contributed by atoms with E-state index in [0.29, 0.717) is 17.9 Å². The number of nitrogens with zero attached hydrogens (tertiary/aromatic N) is 3. The molecule has 0 atom stereocenters. The van der Waals surface area contributed by atoms with Crippen LogP contribution < -0.4 is 5.73 Å². The fourth-order valence-electron chi connectivity index (χ4n) is 1.30. The van der Waals surface area contributed by atoms with E-state index in [4.69, 9.17) is 10.8 Å². The lowest BCUT2D eigenvalue weighted by molar-refractivity contribution is 0.0697. The Morgan fingerprint density at radius 1 is 1.50 bits per heavy atom. The predicted octanol–water partition coefficient (Wildman–Crippen LogP) is 0.424. The summed E-state index contributed by atoms with van der Waals surface area (Å²) in [5.74, 6) is -0.971. The standard InChI is InChI=1S/C10H10N4O2/c11-5-8-6-14(13-12-8)9-3-1-2-7(4-9)10(15)16/h1-4,6H,5,11H2,(H,15,16). The van der Waals surface area contributed by atoms with Gasteiger partial charge in [0.2, 0.25) is 0 Å². The summed E-state index contributed by atoms with van der Waals surface area (Å²) in [7, 11) is 0. The molecule has 1 aromatic carbocycles. The molecule has 0 unspecified atom stereocenters. The van der Waals surface area contributed by atoms with E-state index in [1.807, 2.05) is 0 Å². The van der Waals surface area contributed by atoms with Gasteiger partial charge in [0.1, 0.15) is 0 Å². The molecular formula is C10H10N4O2. The van der Waals surface area contributed by atoms with Gasteiger partial charge in [-0.2, -0.15) is 0 Å². The molecule has 0 aliphatic carbocycles. The number of rotatable bonds is 3. The van der Waals surface area contributed by atoms with Crippen LogP contribution in [0.2, 0.25) is 0 Å². The van der Waals surface area contributed by atoms with Crippen molar-refractivity contribution in [3.8, 4) is 5.69 Å². The molecule has 3 N–H and O–H groups in total. The smallest absolute Gasteiger partial charge is 0.335 e. The van der Waals surface area contributed by atoms with Crippen LogP contribution in [-0.4, -0.2) is 26.1 Å². The van der Waals surface area contributed by atoms with E-state index in [9.17, 15) is 4.79 Å². The molecular weight excluding hydrogens is 208 g/mol. The van der Waals surface area contributed by atoms with Crippen LogP contribution in [-0.2, 0) is 6.54 Å². The number of carboxylic acids is 1. The average Bonchev–Trinajstić information content (AvgIpc) is 2.77. The SMILES string of the molecule is NCc1cn(-c2cccc(C(=O)O)c2)nn1. The number of hydrogen-bond acceptors (Lipinski definition) is 4. The number of carbonyl (C=O) groups is 1. The maximum Gasteiger partial charge on any atom is 0.335 e. The summed E-state index contributed by atoms with van der Waals surface area (Å²) in [6, 6.07) is 6.45. The quantitative estimate of drug-likeness (QED) is 0.778. The van der Waals surface area contributed by atoms with Crippen LogP contribution in [0.3, 0.4) is 0 Å². The van der Waals surface area contributed by atoms with Crippen LogP contribution in [0.4, 0.5) is 0 Å². The molecule has 6 nitrogen and oxygen atoms in total. The lowest BCUT2D eigenvalue weighted by Gasteiger charge is -2.00. The third-order valence-corrected chi connectivity index (χ3v) is 2.11. The number of nitrogens with two attached hydrogens (primary N) is 1. The van der Waals surface area contributed by atoms with E-state index in [2.05, 4.69) is 10.3 Å². The van der Waals surface area contributed by atoms with Gasteiger partial charge in [-0.3, -0.25) is 0 Å². The van der Waals surface area contributed by atoms with Crippen molar-refractivity contribution in [1.29, 1.82) is 0 Å². The molecule has 1 heterocycles. The Bertz CT molecular complexity index is 521. The van der Waals surface area contributed by atoms with Crippen LogP contribution in [0.25, 0.3) is 5.69 Å². The van der Waals surface area contributed by atoms with Gasteiger partial charge < -0.3 is 10.8 Å². The molecule has 0 amide bonds. The number of aromatic carboxylic acids is 1. The zero-order valence-corrected chi connectivity index (χ0v) is 8.37. The maximum atomic E-state index is 10.8. The maximum absolute atomic E-state index is 10.8. The lowest BCUT2D eigenvalue weighted by atomic mass is 10.2. The molecule has 16 heavy (non-hydrogen) atoms. The van der Waals surface area contributed by atoms with Crippen LogP contribution in [0.1, 0.15) is 16.1 Å². The van der Waals surface area contributed by atoms with Gasteiger partial charge in [-0.05, 0) is 18.2 Å². The molecule has 2 rings (SSSR count). The molecule has 0 saturated heterocycles. The molecule has 2 aromatic rings. The Morgan fingerprint density at radius 2 is 2.31 bits per heavy atom. The fourth-order valence-corrected chi connectivity index (χ4v) is 1.30. The molecule has 0 bridgehead atoms. The first-order valence-corrected chi connectivity index (χ1v) is 4.65. The van der Waals surface area contributed by atoms with Crippen molar-refractivity contribution >= 4 is 5.97 Å². The van der Waals surface area contributed by atoms with Crippen molar-refractivity contribution in [3.05, 3.63) is 41.7 Å². The largest absolute Gasteiger partial charge is 0.478 e. The van der Waals surface area contributed by atoms with Crippen molar-refractivity contribution in [1.82, 2.24) is 15.0 Å². The summed E-state index contributed by atoms with van der Waals surface area (Å²) in [4.78, 5) is 10.8. The highest BCUT2D eigenvalue weighted by Crippen LogP contribution is 2.09. The lowest BCUT2D eigenvalue weighted by Crippen LogP contribution is -2.00. The van der Waals surface area contributed by atoms with Gasteiger partial charge in [-0.25, -0.2) is 9.48 Å². The topological polar surface area (TPSA) is 94.0 Å². The number of hydrogen-bond donors (Lipinski definition) is 2. The Balaban J connectivity index is 2.40. The normalized spacial score (nSPS) is 10.3. The summed E-state index contributed by atoms with van der Waals surface area (Å²) in [5.41, 5.74) is 6.92. The van der Waals surface area contributed by atoms with E-state index >= 15 is 0 Å². The molecule has 0 fully saturated rings. The third kappa shape index (κ3) is 1.91. The van der Waals surface area contributed by atoms with Crippen LogP contribution in [0, 0.1) is 0 Å². The van der Waals surface area contributed by atoms with Crippen LogP contribution in [0.5, 0.6) is 0 Å². The van der Waals surface area contributed by atoms with Gasteiger partial charge in [-0.1, -0.05) is 11.3 Å². The summed E-state index contributed by atoms with van der Waals surface area (Å²) < 4.78 is 1.49. The fraction of sp³-hybridized carbons (Fsp3) is 0.100. The minimum atomic E-state index is -0.971. The second-order valence-corrected chi connectivity index (χ2v) is 3.21. The van der Waals surface area contributed by atoms with Gasteiger partial charge in [0.05, 0.1) is 23.1 Å². The Labute approximate surface area is 91.3 Å². The molecule has 0 spiro atoms. The Kier molecular flexibility index (Phi) is 2.65. The summed E-state index contributed by atoms with van der Waals surface area (Å²) in [5, 5.41) is 16.5. The van der Waals surface area contributed by atoms with E-state index in [1.165, 1.54) is 16.8 Å². The molecule has 0 saturated carbocycles. The molecule has 1 aromatic heterocycles. The van der Waals surface area contributed by atoms with E-state index < -0.39 is 5.97 Å². The molecule has 0 aliphatic heterocycles. The predicted molar refractivity (Wildman–Crippen MR) is 56.2 cm³/mol. The average molecular weight is 218 g/mol. The van der Waals surface area contributed by atoms with Gasteiger partial charge in [-0.15, -0.1) is 5.10 Å². The van der Waals surface area contributed by atoms with Crippen molar-refractivity contribution < 1.29 is 9.90 Å². The van der Waals surface area contributed by atoms with Gasteiger partial charge in [0.25, 0.3) is 0 Å². The first-order valence-electron chi connectivity index (χ1n) is 4.65. The van der Waals surface area contributed by atoms with Crippen molar-refractivity contribution in [2.24, 2.45) is 5.73 Å². The monoisotopic (exact) mass is 218 g/mol. The molecule has 0 aliphatic rings. The van der Waals surface area contributed by atoms with Gasteiger partial charge >= 0.3 is 5.97 Å². The van der Waals surface area contributed by atoms with E-state index in [0.717, 1.165) is 0 Å². The summed E-state index contributed by atoms with van der Waals surface area (Å²) in [6.07, 6.45) is 1.67. The van der Waals surface area contributed by atoms with E-state index in [-0.39, 0.29) is 5.56 Å². The minimum absolute atomic E-state index is 0.210. The van der Waals surface area contributed by atoms with Gasteiger partial charge in [0, 0.05) is 6.54 Å². The summed E-state index contributed by atoms with van der Waals surface area (Å²) >= 11 is 0. The Hall–Kier alpha value is -2.21. The van der Waals surface area contributed by atoms with Crippen molar-refractivity contribution in [3.63, 3.8) is 0 Å². The third-order valence-electron chi connectivity index (χ3n) is 2.11. The zero-order chi connectivity index (χ0) is 11.5. The minimum Gasteiger partial charge on any atom is -0.478 e. The second kappa shape index (κ2) is 4.11. The first kappa shape index (κ1) is 10.3. The first-order chi connectivity index (χ1) is 7.70. The zero-order valence-electron chi connectivity index (χ0n) is 8.37. The number of carboxylic acid groups (broad SMARTS) is 1. The van der Waals surface area contributed by atoms with Crippen molar-refractivity contribution in [2.45, 2.75) is 6.54 Å². The van der Waals surface area contributed by atoms with Crippen molar-refractivity contribution in [2.75, 3.05) is 0 Å². The highest BCUT2D eigenvalue weighted by molar-refractivity contribution is 5.88. The van der Waals surface area contributed by atoms with Crippen LogP contribution in [0.15, 0.2) is 30.5 Å². The molecule has 6 heteroatoms. The van der Waals surface area contributed by atoms with E-state index in [1.54, 1.807) is 18.3 Å². The van der Waals surface area contributed by atoms with Gasteiger partial charge in [0.15, 0.2) is 0 Å². The number of aromatic nitrogens is 3. The highest BCUT2D eigenvalue weighted by Gasteiger charge is 2.05.